The van der Waals surface area contributed by atoms with Gasteiger partial charge >= 0.3 is 0 Å². The summed E-state index contributed by atoms with van der Waals surface area (Å²) in [5.41, 5.74) is 3.95. The predicted molar refractivity (Wildman–Crippen MR) is 121 cm³/mol. The molecule has 0 atom stereocenters. The van der Waals surface area contributed by atoms with E-state index in [9.17, 15) is 0 Å². The number of aryl methyl sites for hydroxylation is 1. The highest BCUT2D eigenvalue weighted by Crippen LogP contribution is 2.41. The molecule has 0 saturated heterocycles. The van der Waals surface area contributed by atoms with Crippen molar-refractivity contribution >= 4 is 11.0 Å². The number of para-hydroxylation sites is 3. The molecule has 0 bridgehead atoms. The lowest BCUT2D eigenvalue weighted by Crippen LogP contribution is -2.10. The molecule has 6 nitrogen and oxygen atoms in total. The van der Waals surface area contributed by atoms with Gasteiger partial charge in [0, 0.05) is 5.56 Å². The van der Waals surface area contributed by atoms with Crippen molar-refractivity contribution < 1.29 is 18.9 Å². The molecule has 0 N–H and O–H groups in total. The summed E-state index contributed by atoms with van der Waals surface area (Å²) in [5.74, 6) is 3.44. The molecule has 0 amide bonds. The topological polar surface area (TPSA) is 54.7 Å². The summed E-state index contributed by atoms with van der Waals surface area (Å²) in [6, 6.07) is 19.9. The van der Waals surface area contributed by atoms with Crippen LogP contribution in [0, 0.1) is 6.92 Å². The van der Waals surface area contributed by atoms with Crippen LogP contribution in [0.15, 0.2) is 60.7 Å². The van der Waals surface area contributed by atoms with Crippen LogP contribution >= 0.6 is 0 Å². The minimum atomic E-state index is 0.517. The molecule has 0 spiro atoms. The molecule has 6 heteroatoms. The summed E-state index contributed by atoms with van der Waals surface area (Å²) in [6.07, 6.45) is 0. The molecule has 0 saturated carbocycles. The number of hydrogen-bond donors (Lipinski definition) is 0. The maximum Gasteiger partial charge on any atom is 0.203 e. The Labute approximate surface area is 182 Å². The fraction of sp³-hybridized carbons (Fsp3) is 0.240. The quantitative estimate of drug-likeness (QED) is 0.398. The highest BCUT2D eigenvalue weighted by molar-refractivity contribution is 5.81. The van der Waals surface area contributed by atoms with Crippen LogP contribution < -0.4 is 18.9 Å². The van der Waals surface area contributed by atoms with Gasteiger partial charge in [-0.25, -0.2) is 4.98 Å². The molecule has 0 aliphatic carbocycles. The number of methoxy groups -OCH3 is 3. The maximum absolute atomic E-state index is 6.06. The van der Waals surface area contributed by atoms with Crippen molar-refractivity contribution in [1.29, 1.82) is 0 Å². The molecule has 31 heavy (non-hydrogen) atoms. The van der Waals surface area contributed by atoms with Crippen molar-refractivity contribution in [2.45, 2.75) is 13.5 Å². The van der Waals surface area contributed by atoms with Crippen molar-refractivity contribution in [3.05, 3.63) is 66.2 Å². The third-order valence-corrected chi connectivity index (χ3v) is 5.24. The minimum Gasteiger partial charge on any atom is -0.493 e. The molecule has 4 aromatic rings. The Bertz CT molecular complexity index is 1170. The van der Waals surface area contributed by atoms with Gasteiger partial charge in [-0.3, -0.25) is 0 Å². The summed E-state index contributed by atoms with van der Waals surface area (Å²) in [5, 5.41) is 0. The highest BCUT2D eigenvalue weighted by Gasteiger charge is 2.19. The monoisotopic (exact) mass is 418 g/mol. The Morgan fingerprint density at radius 3 is 2.16 bits per heavy atom. The van der Waals surface area contributed by atoms with E-state index in [4.69, 9.17) is 23.9 Å². The number of rotatable bonds is 8. The van der Waals surface area contributed by atoms with Gasteiger partial charge in [0.05, 0.1) is 38.9 Å². The Kier molecular flexibility index (Phi) is 5.98. The smallest absolute Gasteiger partial charge is 0.203 e. The SMILES string of the molecule is COc1cc(-c2nc3ccccc3n2CCOc2ccccc2C)cc(OC)c1OC. The predicted octanol–water partition coefficient (Wildman–Crippen LogP) is 5.12. The van der Waals surface area contributed by atoms with E-state index in [0.29, 0.717) is 30.4 Å². The van der Waals surface area contributed by atoms with E-state index in [0.717, 1.165) is 33.7 Å². The van der Waals surface area contributed by atoms with Crippen LogP contribution in [0.3, 0.4) is 0 Å². The lowest BCUT2D eigenvalue weighted by Gasteiger charge is -2.15. The van der Waals surface area contributed by atoms with E-state index in [1.807, 2.05) is 61.5 Å². The van der Waals surface area contributed by atoms with Gasteiger partial charge in [-0.15, -0.1) is 0 Å². The van der Waals surface area contributed by atoms with Crippen LogP contribution in [0.4, 0.5) is 0 Å². The number of benzene rings is 3. The fourth-order valence-electron chi connectivity index (χ4n) is 3.70. The second-order valence-corrected chi connectivity index (χ2v) is 7.10. The van der Waals surface area contributed by atoms with Crippen LogP contribution in [-0.4, -0.2) is 37.5 Å². The number of nitrogens with zero attached hydrogens (tertiary/aromatic N) is 2. The second kappa shape index (κ2) is 9.00. The first-order valence-corrected chi connectivity index (χ1v) is 10.1. The van der Waals surface area contributed by atoms with Crippen molar-refractivity contribution in [1.82, 2.24) is 9.55 Å². The van der Waals surface area contributed by atoms with E-state index in [1.54, 1.807) is 21.3 Å². The zero-order valence-corrected chi connectivity index (χ0v) is 18.2. The van der Waals surface area contributed by atoms with Crippen LogP contribution in [0.2, 0.25) is 0 Å². The second-order valence-electron chi connectivity index (χ2n) is 7.10. The standard InChI is InChI=1S/C25H26N2O4/c1-17-9-5-8-12-21(17)31-14-13-27-20-11-7-6-10-19(20)26-25(27)18-15-22(28-2)24(30-4)23(16-18)29-3/h5-12,15-16H,13-14H2,1-4H3. The number of hydrogen-bond acceptors (Lipinski definition) is 5. The number of aromatic nitrogens is 2. The molecular formula is C25H26N2O4. The maximum atomic E-state index is 6.06. The number of imidazole rings is 1. The Balaban J connectivity index is 1.74. The average molecular weight is 418 g/mol. The van der Waals surface area contributed by atoms with Gasteiger partial charge in [-0.2, -0.15) is 0 Å². The number of ether oxygens (including phenoxy) is 4. The van der Waals surface area contributed by atoms with Crippen LogP contribution in [0.25, 0.3) is 22.4 Å². The van der Waals surface area contributed by atoms with Crippen LogP contribution in [0.5, 0.6) is 23.0 Å². The Morgan fingerprint density at radius 1 is 0.806 bits per heavy atom. The zero-order chi connectivity index (χ0) is 21.8. The normalized spacial score (nSPS) is 10.8. The largest absolute Gasteiger partial charge is 0.493 e. The molecule has 1 heterocycles. The van der Waals surface area contributed by atoms with Gasteiger partial charge < -0.3 is 23.5 Å². The third kappa shape index (κ3) is 4.01. The van der Waals surface area contributed by atoms with Gasteiger partial charge in [-0.05, 0) is 42.8 Å². The molecular weight excluding hydrogens is 392 g/mol. The summed E-state index contributed by atoms with van der Waals surface area (Å²) >= 11 is 0. The fourth-order valence-corrected chi connectivity index (χ4v) is 3.70. The summed E-state index contributed by atoms with van der Waals surface area (Å²) in [7, 11) is 4.82. The van der Waals surface area contributed by atoms with E-state index < -0.39 is 0 Å². The van der Waals surface area contributed by atoms with Gasteiger partial charge in [0.2, 0.25) is 5.75 Å². The Hall–Kier alpha value is -3.67. The molecule has 0 fully saturated rings. The van der Waals surface area contributed by atoms with Gasteiger partial charge in [-0.1, -0.05) is 30.3 Å². The first-order valence-electron chi connectivity index (χ1n) is 10.1. The van der Waals surface area contributed by atoms with Crippen molar-refractivity contribution in [2.75, 3.05) is 27.9 Å². The number of fused-ring (bicyclic) bond motifs is 1. The molecule has 0 aliphatic heterocycles. The van der Waals surface area contributed by atoms with E-state index in [-0.39, 0.29) is 0 Å². The van der Waals surface area contributed by atoms with Crippen LogP contribution in [-0.2, 0) is 6.54 Å². The summed E-state index contributed by atoms with van der Waals surface area (Å²) in [6.45, 7) is 3.20. The molecule has 0 radical (unpaired) electrons. The highest BCUT2D eigenvalue weighted by atomic mass is 16.5. The summed E-state index contributed by atoms with van der Waals surface area (Å²) < 4.78 is 24.8. The van der Waals surface area contributed by atoms with Crippen LogP contribution in [0.1, 0.15) is 5.56 Å². The average Bonchev–Trinajstić information content (AvgIpc) is 3.18. The molecule has 4 rings (SSSR count). The van der Waals surface area contributed by atoms with Gasteiger partial charge in [0.15, 0.2) is 11.5 Å². The third-order valence-electron chi connectivity index (χ3n) is 5.24. The van der Waals surface area contributed by atoms with E-state index in [1.165, 1.54) is 0 Å². The summed E-state index contributed by atoms with van der Waals surface area (Å²) in [4.78, 5) is 4.89. The van der Waals surface area contributed by atoms with Crippen molar-refractivity contribution in [2.24, 2.45) is 0 Å². The first-order chi connectivity index (χ1) is 15.2. The van der Waals surface area contributed by atoms with Crippen molar-refractivity contribution in [3.8, 4) is 34.4 Å². The van der Waals surface area contributed by atoms with E-state index >= 15 is 0 Å². The molecule has 160 valence electrons. The molecule has 3 aromatic carbocycles. The first kappa shape index (κ1) is 20.6. The van der Waals surface area contributed by atoms with Gasteiger partial charge in [0.25, 0.3) is 0 Å². The van der Waals surface area contributed by atoms with Gasteiger partial charge in [0.1, 0.15) is 18.2 Å². The molecule has 1 aromatic heterocycles. The lowest BCUT2D eigenvalue weighted by atomic mass is 10.1. The lowest BCUT2D eigenvalue weighted by molar-refractivity contribution is 0.299. The van der Waals surface area contributed by atoms with E-state index in [2.05, 4.69) is 10.6 Å². The minimum absolute atomic E-state index is 0.517. The van der Waals surface area contributed by atoms with Crippen molar-refractivity contribution in [3.63, 3.8) is 0 Å². The Morgan fingerprint density at radius 2 is 1.48 bits per heavy atom. The zero-order valence-electron chi connectivity index (χ0n) is 18.2. The molecule has 0 aliphatic rings. The molecule has 0 unspecified atom stereocenters.